The van der Waals surface area contributed by atoms with Gasteiger partial charge in [0.2, 0.25) is 0 Å². The van der Waals surface area contributed by atoms with Crippen LogP contribution >= 0.6 is 0 Å². The van der Waals surface area contributed by atoms with Gasteiger partial charge in [-0.3, -0.25) is 4.79 Å². The normalized spacial score (nSPS) is 24.4. The van der Waals surface area contributed by atoms with Gasteiger partial charge in [0, 0.05) is 12.3 Å². The summed E-state index contributed by atoms with van der Waals surface area (Å²) in [5, 5.41) is 0. The van der Waals surface area contributed by atoms with Crippen molar-refractivity contribution in [3.05, 3.63) is 0 Å². The Morgan fingerprint density at radius 1 is 1.11 bits per heavy atom. The summed E-state index contributed by atoms with van der Waals surface area (Å²) in [5.74, 6) is -1.53. The molecule has 2 atom stereocenters. The number of alkyl halides is 3. The van der Waals surface area contributed by atoms with E-state index in [0.29, 0.717) is 19.3 Å². The van der Waals surface area contributed by atoms with Gasteiger partial charge in [-0.1, -0.05) is 39.0 Å². The summed E-state index contributed by atoms with van der Waals surface area (Å²) in [6.07, 6.45) is 3.08. The van der Waals surface area contributed by atoms with Gasteiger partial charge in [-0.15, -0.1) is 0 Å². The van der Waals surface area contributed by atoms with E-state index in [1.807, 2.05) is 0 Å². The van der Waals surface area contributed by atoms with Crippen molar-refractivity contribution in [1.82, 2.24) is 0 Å². The highest BCUT2D eigenvalue weighted by Gasteiger charge is 2.43. The smallest absolute Gasteiger partial charge is 0.299 e. The fourth-order valence-electron chi connectivity index (χ4n) is 2.89. The van der Waals surface area contributed by atoms with Crippen molar-refractivity contribution in [2.45, 2.75) is 77.3 Å². The topological polar surface area (TPSA) is 17.1 Å². The number of carbonyl (C=O) groups is 1. The largest absolute Gasteiger partial charge is 0.391 e. The van der Waals surface area contributed by atoms with Gasteiger partial charge < -0.3 is 0 Å². The van der Waals surface area contributed by atoms with Gasteiger partial charge in [0.15, 0.2) is 0 Å². The van der Waals surface area contributed by atoms with Crippen LogP contribution in [0.1, 0.15) is 71.1 Å². The maximum absolute atomic E-state index is 12.7. The van der Waals surface area contributed by atoms with Gasteiger partial charge in [-0.05, 0) is 25.7 Å². The molecule has 19 heavy (non-hydrogen) atoms. The Morgan fingerprint density at radius 3 is 2.42 bits per heavy atom. The number of rotatable bonds is 7. The molecule has 0 saturated heterocycles. The zero-order chi connectivity index (χ0) is 14.3. The highest BCUT2D eigenvalue weighted by molar-refractivity contribution is 5.81. The van der Waals surface area contributed by atoms with Crippen molar-refractivity contribution in [2.75, 3.05) is 0 Å². The average Bonchev–Trinajstić information content (AvgIpc) is 2.37. The third-order valence-electron chi connectivity index (χ3n) is 4.12. The van der Waals surface area contributed by atoms with Crippen LogP contribution in [0.15, 0.2) is 0 Å². The Labute approximate surface area is 114 Å². The first kappa shape index (κ1) is 16.5. The van der Waals surface area contributed by atoms with Crippen molar-refractivity contribution in [3.8, 4) is 0 Å². The molecule has 4 heteroatoms. The van der Waals surface area contributed by atoms with E-state index >= 15 is 0 Å². The quantitative estimate of drug-likeness (QED) is 0.579. The summed E-state index contributed by atoms with van der Waals surface area (Å²) in [5.41, 5.74) is 0. The van der Waals surface area contributed by atoms with Crippen LogP contribution < -0.4 is 0 Å². The molecule has 1 nitrogen and oxygen atoms in total. The zero-order valence-corrected chi connectivity index (χ0v) is 11.8. The summed E-state index contributed by atoms with van der Waals surface area (Å²) in [6, 6.07) is 0. The number of carbonyl (C=O) groups excluding carboxylic acids is 1. The molecule has 0 aromatic heterocycles. The second-order valence-electron chi connectivity index (χ2n) is 5.73. The predicted octanol–water partition coefficient (Wildman–Crippen LogP) is 5.28. The lowest BCUT2D eigenvalue weighted by atomic mass is 9.78. The number of ketones is 1. The Kier molecular flexibility index (Phi) is 6.87. The molecule has 1 rings (SSSR count). The van der Waals surface area contributed by atoms with E-state index in [0.717, 1.165) is 25.7 Å². The first-order valence-electron chi connectivity index (χ1n) is 7.54. The molecule has 1 fully saturated rings. The van der Waals surface area contributed by atoms with Gasteiger partial charge in [0.1, 0.15) is 5.78 Å². The summed E-state index contributed by atoms with van der Waals surface area (Å²) in [4.78, 5) is 11.9. The molecule has 0 N–H and O–H groups in total. The molecule has 1 aliphatic rings. The monoisotopic (exact) mass is 278 g/mol. The van der Waals surface area contributed by atoms with E-state index in [1.165, 1.54) is 6.42 Å². The molecule has 0 spiro atoms. The van der Waals surface area contributed by atoms with Crippen molar-refractivity contribution >= 4 is 5.78 Å². The SMILES string of the molecule is CCCCCCCC(=O)C1CCCC(C(F)(F)F)C1. The van der Waals surface area contributed by atoms with Crippen LogP contribution in [-0.4, -0.2) is 12.0 Å². The molecule has 112 valence electrons. The summed E-state index contributed by atoms with van der Waals surface area (Å²) >= 11 is 0. The predicted molar refractivity (Wildman–Crippen MR) is 69.9 cm³/mol. The Balaban J connectivity index is 2.28. The van der Waals surface area contributed by atoms with Gasteiger partial charge in [0.25, 0.3) is 0 Å². The molecule has 0 heterocycles. The molecule has 0 aliphatic heterocycles. The van der Waals surface area contributed by atoms with Gasteiger partial charge in [-0.2, -0.15) is 13.2 Å². The van der Waals surface area contributed by atoms with Crippen LogP contribution in [-0.2, 0) is 4.79 Å². The van der Waals surface area contributed by atoms with Gasteiger partial charge >= 0.3 is 6.18 Å². The molecular weight excluding hydrogens is 253 g/mol. The third kappa shape index (κ3) is 5.96. The molecule has 1 aliphatic carbocycles. The minimum Gasteiger partial charge on any atom is -0.299 e. The van der Waals surface area contributed by atoms with E-state index in [9.17, 15) is 18.0 Å². The number of halogens is 3. The fourth-order valence-corrected chi connectivity index (χ4v) is 2.89. The van der Waals surface area contributed by atoms with Crippen LogP contribution in [0.3, 0.4) is 0 Å². The standard InChI is InChI=1S/C15H25F3O/c1-2-3-4-5-6-10-14(19)12-8-7-9-13(11-12)15(16,17)18/h12-13H,2-11H2,1H3. The lowest BCUT2D eigenvalue weighted by Crippen LogP contribution is -2.31. The van der Waals surface area contributed by atoms with Crippen LogP contribution in [0.4, 0.5) is 13.2 Å². The van der Waals surface area contributed by atoms with Gasteiger partial charge in [-0.25, -0.2) is 0 Å². The summed E-state index contributed by atoms with van der Waals surface area (Å²) < 4.78 is 38.0. The number of hydrogen-bond donors (Lipinski definition) is 0. The molecule has 0 bridgehead atoms. The third-order valence-corrected chi connectivity index (χ3v) is 4.12. The average molecular weight is 278 g/mol. The van der Waals surface area contributed by atoms with Crippen LogP contribution in [0.25, 0.3) is 0 Å². The van der Waals surface area contributed by atoms with E-state index in [4.69, 9.17) is 0 Å². The minimum atomic E-state index is -4.12. The van der Waals surface area contributed by atoms with E-state index in [2.05, 4.69) is 6.92 Å². The second kappa shape index (κ2) is 7.91. The molecule has 2 unspecified atom stereocenters. The first-order valence-corrected chi connectivity index (χ1v) is 7.54. The van der Waals surface area contributed by atoms with Gasteiger partial charge in [0.05, 0.1) is 5.92 Å². The molecule has 0 radical (unpaired) electrons. The molecular formula is C15H25F3O. The zero-order valence-electron chi connectivity index (χ0n) is 11.8. The fraction of sp³-hybridized carbons (Fsp3) is 0.933. The number of Topliss-reactive ketones (excluding diaryl/α,β-unsaturated/α-hetero) is 1. The van der Waals surface area contributed by atoms with E-state index in [-0.39, 0.29) is 24.5 Å². The Morgan fingerprint density at radius 2 is 1.79 bits per heavy atom. The molecule has 1 saturated carbocycles. The maximum Gasteiger partial charge on any atom is 0.391 e. The van der Waals surface area contributed by atoms with Crippen molar-refractivity contribution in [1.29, 1.82) is 0 Å². The highest BCUT2D eigenvalue weighted by Crippen LogP contribution is 2.40. The first-order chi connectivity index (χ1) is 8.95. The molecule has 0 aromatic rings. The highest BCUT2D eigenvalue weighted by atomic mass is 19.4. The molecule has 0 amide bonds. The van der Waals surface area contributed by atoms with Crippen molar-refractivity contribution in [3.63, 3.8) is 0 Å². The minimum absolute atomic E-state index is 0.0251. The molecule has 0 aromatic carbocycles. The second-order valence-corrected chi connectivity index (χ2v) is 5.73. The maximum atomic E-state index is 12.7. The van der Waals surface area contributed by atoms with Crippen molar-refractivity contribution in [2.24, 2.45) is 11.8 Å². The van der Waals surface area contributed by atoms with Crippen LogP contribution in [0.2, 0.25) is 0 Å². The van der Waals surface area contributed by atoms with E-state index in [1.54, 1.807) is 0 Å². The van der Waals surface area contributed by atoms with E-state index < -0.39 is 12.1 Å². The van der Waals surface area contributed by atoms with Crippen LogP contribution in [0.5, 0.6) is 0 Å². The Bertz CT molecular complexity index is 273. The summed E-state index contributed by atoms with van der Waals surface area (Å²) in [6.45, 7) is 2.13. The lowest BCUT2D eigenvalue weighted by molar-refractivity contribution is -0.186. The van der Waals surface area contributed by atoms with Crippen LogP contribution in [0, 0.1) is 11.8 Å². The number of unbranched alkanes of at least 4 members (excludes halogenated alkanes) is 4. The Hall–Kier alpha value is -0.540. The summed E-state index contributed by atoms with van der Waals surface area (Å²) in [7, 11) is 0. The number of hydrogen-bond acceptors (Lipinski definition) is 1. The lowest BCUT2D eigenvalue weighted by Gasteiger charge is -2.29. The van der Waals surface area contributed by atoms with Crippen molar-refractivity contribution < 1.29 is 18.0 Å².